The number of amides is 2. The van der Waals surface area contributed by atoms with Gasteiger partial charge in [-0.05, 0) is 26.0 Å². The lowest BCUT2D eigenvalue weighted by Gasteiger charge is -1.99. The molecule has 0 N–H and O–H groups in total. The zero-order chi connectivity index (χ0) is 12.7. The topological polar surface area (TPSA) is 77.3 Å². The Labute approximate surface area is 98.3 Å². The number of rotatable bonds is 2. The third-order valence-electron chi connectivity index (χ3n) is 1.71. The lowest BCUT2D eigenvalue weighted by Crippen LogP contribution is -2.03. The Kier molecular flexibility index (Phi) is 4.80. The molecule has 0 aliphatic rings. The monoisotopic (exact) mass is 236 g/mol. The molecule has 6 nitrogen and oxygen atoms in total. The molecule has 0 aromatic heterocycles. The van der Waals surface area contributed by atoms with E-state index in [0.717, 1.165) is 5.56 Å². The smallest absolute Gasteiger partial charge is 0.447 e. The summed E-state index contributed by atoms with van der Waals surface area (Å²) in [7, 11) is 0. The normalized spacial score (nSPS) is 10.2. The molecule has 0 saturated carbocycles. The van der Waals surface area contributed by atoms with Gasteiger partial charge in [0.1, 0.15) is 5.75 Å². The average Bonchev–Trinajstić information content (AvgIpc) is 2.30. The first kappa shape index (κ1) is 12.8. The Bertz CT molecular complexity index is 426. The summed E-state index contributed by atoms with van der Waals surface area (Å²) in [6.45, 7) is 3.70. The van der Waals surface area contributed by atoms with Crippen LogP contribution >= 0.6 is 0 Å². The molecule has 0 aliphatic carbocycles. The minimum Gasteiger partial charge on any atom is -0.447 e. The number of benzene rings is 1. The molecule has 1 rings (SSSR count). The van der Waals surface area contributed by atoms with Gasteiger partial charge in [0.25, 0.3) is 0 Å². The fourth-order valence-corrected chi connectivity index (χ4v) is 0.962. The van der Waals surface area contributed by atoms with Crippen LogP contribution in [0.1, 0.15) is 12.5 Å². The molecule has 0 unspecified atom stereocenters. The van der Waals surface area contributed by atoms with Crippen molar-refractivity contribution in [2.45, 2.75) is 13.8 Å². The van der Waals surface area contributed by atoms with Crippen LogP contribution in [0.15, 0.2) is 34.5 Å². The fourth-order valence-electron chi connectivity index (χ4n) is 0.962. The first-order valence-corrected chi connectivity index (χ1v) is 4.98. The van der Waals surface area contributed by atoms with E-state index in [9.17, 15) is 9.59 Å². The second kappa shape index (κ2) is 6.37. The van der Waals surface area contributed by atoms with Gasteiger partial charge in [0.05, 0.1) is 6.61 Å². The largest absolute Gasteiger partial charge is 0.458 e. The molecule has 0 aliphatic heterocycles. The van der Waals surface area contributed by atoms with Gasteiger partial charge in [0.15, 0.2) is 0 Å². The SMILES string of the molecule is CCOC(=O)N=NC(=O)Oc1ccc(C)cc1. The van der Waals surface area contributed by atoms with Crippen LogP contribution in [-0.4, -0.2) is 18.8 Å². The van der Waals surface area contributed by atoms with E-state index in [4.69, 9.17) is 4.74 Å². The molecular weight excluding hydrogens is 224 g/mol. The molecule has 90 valence electrons. The van der Waals surface area contributed by atoms with Crippen molar-refractivity contribution in [3.05, 3.63) is 29.8 Å². The molecule has 6 heteroatoms. The van der Waals surface area contributed by atoms with Crippen LogP contribution in [0.3, 0.4) is 0 Å². The van der Waals surface area contributed by atoms with E-state index in [1.807, 2.05) is 6.92 Å². The number of carbonyl (C=O) groups excluding carboxylic acids is 2. The van der Waals surface area contributed by atoms with E-state index < -0.39 is 12.2 Å². The number of hydrogen-bond donors (Lipinski definition) is 0. The molecule has 0 saturated heterocycles. The van der Waals surface area contributed by atoms with Crippen molar-refractivity contribution in [1.82, 2.24) is 0 Å². The zero-order valence-corrected chi connectivity index (χ0v) is 9.54. The van der Waals surface area contributed by atoms with Gasteiger partial charge in [-0.2, -0.15) is 0 Å². The Morgan fingerprint density at radius 3 is 2.29 bits per heavy atom. The van der Waals surface area contributed by atoms with Crippen molar-refractivity contribution < 1.29 is 19.1 Å². The molecule has 0 radical (unpaired) electrons. The summed E-state index contributed by atoms with van der Waals surface area (Å²) in [4.78, 5) is 21.9. The zero-order valence-electron chi connectivity index (χ0n) is 9.54. The van der Waals surface area contributed by atoms with E-state index in [0.29, 0.717) is 5.75 Å². The predicted octanol–water partition coefficient (Wildman–Crippen LogP) is 3.10. The first-order chi connectivity index (χ1) is 8.11. The number of azo groups is 1. The lowest BCUT2D eigenvalue weighted by molar-refractivity contribution is 0.160. The van der Waals surface area contributed by atoms with E-state index in [1.54, 1.807) is 31.2 Å². The van der Waals surface area contributed by atoms with E-state index in [1.165, 1.54) is 0 Å². The van der Waals surface area contributed by atoms with Gasteiger partial charge < -0.3 is 9.47 Å². The molecule has 0 fully saturated rings. The van der Waals surface area contributed by atoms with Gasteiger partial charge in [-0.25, -0.2) is 9.59 Å². The highest BCUT2D eigenvalue weighted by Gasteiger charge is 2.04. The maximum atomic E-state index is 11.1. The summed E-state index contributed by atoms with van der Waals surface area (Å²) in [5.41, 5.74) is 1.04. The summed E-state index contributed by atoms with van der Waals surface area (Å²) in [5, 5.41) is 6.07. The van der Waals surface area contributed by atoms with E-state index >= 15 is 0 Å². The average molecular weight is 236 g/mol. The van der Waals surface area contributed by atoms with Gasteiger partial charge in [0, 0.05) is 0 Å². The first-order valence-electron chi connectivity index (χ1n) is 4.98. The number of carbonyl (C=O) groups is 2. The Hall–Kier alpha value is -2.24. The molecule has 17 heavy (non-hydrogen) atoms. The summed E-state index contributed by atoms with van der Waals surface area (Å²) in [6.07, 6.45) is -1.89. The summed E-state index contributed by atoms with van der Waals surface area (Å²) >= 11 is 0. The van der Waals surface area contributed by atoms with Crippen molar-refractivity contribution in [2.75, 3.05) is 6.61 Å². The van der Waals surface area contributed by atoms with Crippen LogP contribution in [-0.2, 0) is 4.74 Å². The molecule has 0 atom stereocenters. The van der Waals surface area contributed by atoms with Crippen LogP contribution in [0, 0.1) is 6.92 Å². The molecule has 0 heterocycles. The maximum absolute atomic E-state index is 11.1. The highest BCUT2D eigenvalue weighted by atomic mass is 16.6. The van der Waals surface area contributed by atoms with Crippen LogP contribution in [0.25, 0.3) is 0 Å². The predicted molar refractivity (Wildman–Crippen MR) is 59.1 cm³/mol. The van der Waals surface area contributed by atoms with Crippen molar-refractivity contribution >= 4 is 12.2 Å². The lowest BCUT2D eigenvalue weighted by atomic mass is 10.2. The van der Waals surface area contributed by atoms with Gasteiger partial charge >= 0.3 is 12.2 Å². The summed E-state index contributed by atoms with van der Waals surface area (Å²) < 4.78 is 9.24. The van der Waals surface area contributed by atoms with E-state index in [2.05, 4.69) is 15.0 Å². The minimum atomic E-state index is -0.970. The standard InChI is InChI=1S/C11H12N2O4/c1-3-16-10(14)12-13-11(15)17-9-6-4-8(2)5-7-9/h4-7H,3H2,1-2H3. The molecule has 0 bridgehead atoms. The Balaban J connectivity index is 2.49. The maximum Gasteiger partial charge on any atom is 0.458 e. The number of ether oxygens (including phenoxy) is 2. The highest BCUT2D eigenvalue weighted by molar-refractivity contribution is 5.74. The van der Waals surface area contributed by atoms with Crippen LogP contribution in [0.5, 0.6) is 5.75 Å². The summed E-state index contributed by atoms with van der Waals surface area (Å²) in [5.74, 6) is 0.336. The number of nitrogens with zero attached hydrogens (tertiary/aromatic N) is 2. The highest BCUT2D eigenvalue weighted by Crippen LogP contribution is 2.12. The molecule has 2 amide bonds. The minimum absolute atomic E-state index is 0.171. The quantitative estimate of drug-likeness (QED) is 0.739. The fraction of sp³-hybridized carbons (Fsp3) is 0.273. The molecular formula is C11H12N2O4. The number of hydrogen-bond acceptors (Lipinski definition) is 4. The summed E-state index contributed by atoms with van der Waals surface area (Å²) in [6, 6.07) is 6.80. The second-order valence-electron chi connectivity index (χ2n) is 3.08. The van der Waals surface area contributed by atoms with Gasteiger partial charge in [-0.1, -0.05) is 27.9 Å². The van der Waals surface area contributed by atoms with Crippen LogP contribution < -0.4 is 4.74 Å². The van der Waals surface area contributed by atoms with Gasteiger partial charge in [-0.3, -0.25) is 0 Å². The van der Waals surface area contributed by atoms with Crippen molar-refractivity contribution in [2.24, 2.45) is 10.2 Å². The van der Waals surface area contributed by atoms with Crippen LogP contribution in [0.4, 0.5) is 9.59 Å². The van der Waals surface area contributed by atoms with Crippen molar-refractivity contribution in [3.63, 3.8) is 0 Å². The second-order valence-corrected chi connectivity index (χ2v) is 3.08. The molecule has 0 spiro atoms. The van der Waals surface area contributed by atoms with E-state index in [-0.39, 0.29) is 6.61 Å². The Morgan fingerprint density at radius 2 is 1.71 bits per heavy atom. The van der Waals surface area contributed by atoms with Gasteiger partial charge in [-0.15, -0.1) is 0 Å². The van der Waals surface area contributed by atoms with Gasteiger partial charge in [0.2, 0.25) is 0 Å². The van der Waals surface area contributed by atoms with Crippen molar-refractivity contribution in [1.29, 1.82) is 0 Å². The Morgan fingerprint density at radius 1 is 1.12 bits per heavy atom. The van der Waals surface area contributed by atoms with Crippen LogP contribution in [0.2, 0.25) is 0 Å². The molecule has 1 aromatic carbocycles. The number of aryl methyl sites for hydroxylation is 1. The van der Waals surface area contributed by atoms with Crippen molar-refractivity contribution in [3.8, 4) is 5.75 Å². The molecule has 1 aromatic rings. The third kappa shape index (κ3) is 4.87. The third-order valence-corrected chi connectivity index (χ3v) is 1.71.